The second-order valence-electron chi connectivity index (χ2n) is 3.02. The van der Waals surface area contributed by atoms with E-state index in [0.29, 0.717) is 19.6 Å². The molecule has 0 bridgehead atoms. The van der Waals surface area contributed by atoms with Gasteiger partial charge in [-0.25, -0.2) is 0 Å². The molecule has 3 N–H and O–H groups in total. The van der Waals surface area contributed by atoms with Crippen molar-refractivity contribution in [1.82, 2.24) is 14.5 Å². The molecular weight excluding hydrogens is 216 g/mol. The minimum absolute atomic E-state index is 0.0758. The summed E-state index contributed by atoms with van der Waals surface area (Å²) in [4.78, 5) is 1.93. The van der Waals surface area contributed by atoms with Crippen molar-refractivity contribution in [2.45, 2.75) is 6.54 Å². The van der Waals surface area contributed by atoms with Crippen LogP contribution >= 0.6 is 11.5 Å². The van der Waals surface area contributed by atoms with Gasteiger partial charge in [0, 0.05) is 38.2 Å². The first kappa shape index (κ1) is 12.3. The summed E-state index contributed by atoms with van der Waals surface area (Å²) in [6.07, 6.45) is 0. The van der Waals surface area contributed by atoms with Crippen molar-refractivity contribution in [2.24, 2.45) is 0 Å². The zero-order chi connectivity index (χ0) is 11.1. The quantitative estimate of drug-likeness (QED) is 0.580. The largest absolute Gasteiger partial charge is 0.395 e. The van der Waals surface area contributed by atoms with Crippen LogP contribution in [0.25, 0.3) is 0 Å². The van der Waals surface area contributed by atoms with E-state index in [0.717, 1.165) is 10.7 Å². The second kappa shape index (κ2) is 6.67. The predicted molar refractivity (Wildman–Crippen MR) is 58.9 cm³/mol. The Hall–Kier alpha value is -0.760. The number of aliphatic hydroxyl groups excluding tert-OH is 2. The Labute approximate surface area is 92.7 Å². The number of aromatic nitrogens is 2. The zero-order valence-corrected chi connectivity index (χ0v) is 9.50. The van der Waals surface area contributed by atoms with Gasteiger partial charge in [-0.2, -0.15) is 0 Å². The van der Waals surface area contributed by atoms with E-state index in [-0.39, 0.29) is 13.2 Å². The van der Waals surface area contributed by atoms with Crippen LogP contribution in [0.5, 0.6) is 0 Å². The van der Waals surface area contributed by atoms with Gasteiger partial charge >= 0.3 is 0 Å². The molecule has 1 rings (SSSR count). The van der Waals surface area contributed by atoms with Gasteiger partial charge in [0.1, 0.15) is 10.7 Å². The molecule has 6 nitrogen and oxygen atoms in total. The first-order valence-corrected chi connectivity index (χ1v) is 5.52. The van der Waals surface area contributed by atoms with Crippen LogP contribution in [-0.2, 0) is 6.54 Å². The highest BCUT2D eigenvalue weighted by Gasteiger charge is 2.11. The fourth-order valence-corrected chi connectivity index (χ4v) is 1.79. The molecule has 1 aromatic heterocycles. The molecule has 0 atom stereocenters. The number of rotatable bonds is 7. The molecule has 0 saturated carbocycles. The maximum absolute atomic E-state index is 8.85. The van der Waals surface area contributed by atoms with Crippen molar-refractivity contribution in [3.63, 3.8) is 0 Å². The van der Waals surface area contributed by atoms with E-state index < -0.39 is 0 Å². The maximum Gasteiger partial charge on any atom is 0.134 e. The maximum atomic E-state index is 8.85. The van der Waals surface area contributed by atoms with E-state index in [2.05, 4.69) is 14.9 Å². The molecule has 0 aliphatic carbocycles. The number of hydrogen-bond donors (Lipinski definition) is 3. The molecule has 0 amide bonds. The van der Waals surface area contributed by atoms with Crippen LogP contribution in [0.3, 0.4) is 0 Å². The van der Waals surface area contributed by atoms with Crippen LogP contribution in [0.1, 0.15) is 5.69 Å². The van der Waals surface area contributed by atoms with E-state index in [4.69, 9.17) is 10.2 Å². The lowest BCUT2D eigenvalue weighted by molar-refractivity contribution is 0.155. The molecule has 0 radical (unpaired) electrons. The molecule has 1 heterocycles. The number of nitrogens with one attached hydrogen (secondary N) is 1. The van der Waals surface area contributed by atoms with E-state index in [1.165, 1.54) is 11.5 Å². The van der Waals surface area contributed by atoms with Crippen LogP contribution in [0, 0.1) is 0 Å². The standard InChI is InChI=1S/C8H16N4O2S/c1-9-8-7(10-11-15-8)6-12(2-4-13)3-5-14/h9,13-14H,2-6H2,1H3. The lowest BCUT2D eigenvalue weighted by Crippen LogP contribution is -2.29. The summed E-state index contributed by atoms with van der Waals surface area (Å²) in [6.45, 7) is 1.80. The van der Waals surface area contributed by atoms with Gasteiger partial charge in [-0.15, -0.1) is 5.10 Å². The zero-order valence-electron chi connectivity index (χ0n) is 8.68. The molecule has 0 saturated heterocycles. The van der Waals surface area contributed by atoms with Gasteiger partial charge in [0.25, 0.3) is 0 Å². The lowest BCUT2D eigenvalue weighted by atomic mass is 10.4. The molecule has 0 aliphatic rings. The van der Waals surface area contributed by atoms with Gasteiger partial charge in [0.2, 0.25) is 0 Å². The summed E-state index contributed by atoms with van der Waals surface area (Å²) in [5, 5.41) is 25.6. The molecule has 0 spiro atoms. The first-order chi connectivity index (χ1) is 7.31. The highest BCUT2D eigenvalue weighted by atomic mass is 32.1. The normalized spacial score (nSPS) is 10.9. The monoisotopic (exact) mass is 232 g/mol. The number of hydrogen-bond acceptors (Lipinski definition) is 7. The highest BCUT2D eigenvalue weighted by molar-refractivity contribution is 7.10. The van der Waals surface area contributed by atoms with E-state index in [9.17, 15) is 0 Å². The number of anilines is 1. The average molecular weight is 232 g/mol. The Balaban J connectivity index is 2.56. The molecule has 0 aromatic carbocycles. The Kier molecular flexibility index (Phi) is 5.48. The van der Waals surface area contributed by atoms with Gasteiger partial charge in [-0.1, -0.05) is 4.49 Å². The summed E-state index contributed by atoms with van der Waals surface area (Å²) in [6, 6.07) is 0. The van der Waals surface area contributed by atoms with Crippen LogP contribution in [0.4, 0.5) is 5.00 Å². The van der Waals surface area contributed by atoms with Crippen molar-refractivity contribution in [2.75, 3.05) is 38.7 Å². The third kappa shape index (κ3) is 3.71. The predicted octanol–water partition coefficient (Wildman–Crippen LogP) is -0.634. The van der Waals surface area contributed by atoms with Crippen molar-refractivity contribution in [3.05, 3.63) is 5.69 Å². The minimum atomic E-state index is 0.0758. The van der Waals surface area contributed by atoms with Gasteiger partial charge in [-0.3, -0.25) is 4.90 Å². The molecule has 7 heteroatoms. The van der Waals surface area contributed by atoms with Crippen LogP contribution in [0.15, 0.2) is 0 Å². The van der Waals surface area contributed by atoms with E-state index in [1.54, 1.807) is 0 Å². The third-order valence-electron chi connectivity index (χ3n) is 1.99. The van der Waals surface area contributed by atoms with Gasteiger partial charge in [0.15, 0.2) is 0 Å². The molecule has 15 heavy (non-hydrogen) atoms. The summed E-state index contributed by atoms with van der Waals surface area (Å²) in [5.41, 5.74) is 0.851. The Bertz CT molecular complexity index is 275. The Morgan fingerprint density at radius 2 is 2.00 bits per heavy atom. The Morgan fingerprint density at radius 1 is 1.33 bits per heavy atom. The number of nitrogens with zero attached hydrogens (tertiary/aromatic N) is 3. The summed E-state index contributed by atoms with van der Waals surface area (Å²) in [5.74, 6) is 0. The average Bonchev–Trinajstić information content (AvgIpc) is 2.66. The summed E-state index contributed by atoms with van der Waals surface area (Å²) >= 11 is 1.30. The SMILES string of the molecule is CNc1snnc1CN(CCO)CCO. The van der Waals surface area contributed by atoms with Crippen molar-refractivity contribution < 1.29 is 10.2 Å². The van der Waals surface area contributed by atoms with Crippen LogP contribution < -0.4 is 5.32 Å². The smallest absolute Gasteiger partial charge is 0.134 e. The molecule has 1 aromatic rings. The third-order valence-corrected chi connectivity index (χ3v) is 2.77. The minimum Gasteiger partial charge on any atom is -0.395 e. The topological polar surface area (TPSA) is 81.5 Å². The first-order valence-electron chi connectivity index (χ1n) is 4.74. The fraction of sp³-hybridized carbons (Fsp3) is 0.750. The van der Waals surface area contributed by atoms with Crippen LogP contribution in [0.2, 0.25) is 0 Å². The molecule has 0 fully saturated rings. The molecule has 86 valence electrons. The molecule has 0 aliphatic heterocycles. The fourth-order valence-electron chi connectivity index (χ4n) is 1.27. The highest BCUT2D eigenvalue weighted by Crippen LogP contribution is 2.17. The van der Waals surface area contributed by atoms with Gasteiger partial charge in [-0.05, 0) is 0 Å². The number of aliphatic hydroxyl groups is 2. The lowest BCUT2D eigenvalue weighted by Gasteiger charge is -2.18. The van der Waals surface area contributed by atoms with E-state index >= 15 is 0 Å². The summed E-state index contributed by atoms with van der Waals surface area (Å²) in [7, 11) is 1.82. The van der Waals surface area contributed by atoms with Gasteiger partial charge < -0.3 is 15.5 Å². The van der Waals surface area contributed by atoms with Crippen molar-refractivity contribution in [1.29, 1.82) is 0 Å². The van der Waals surface area contributed by atoms with Gasteiger partial charge in [0.05, 0.1) is 13.2 Å². The van der Waals surface area contributed by atoms with E-state index in [1.807, 2.05) is 11.9 Å². The second-order valence-corrected chi connectivity index (χ2v) is 3.78. The van der Waals surface area contributed by atoms with Crippen molar-refractivity contribution in [3.8, 4) is 0 Å². The van der Waals surface area contributed by atoms with Crippen molar-refractivity contribution >= 4 is 16.5 Å². The Morgan fingerprint density at radius 3 is 2.53 bits per heavy atom. The van der Waals surface area contributed by atoms with Crippen LogP contribution in [-0.4, -0.2) is 58.1 Å². The molecular formula is C8H16N4O2S. The summed E-state index contributed by atoms with van der Waals surface area (Å²) < 4.78 is 3.84. The molecule has 0 unspecified atom stereocenters.